The Balaban J connectivity index is 2.17. The third kappa shape index (κ3) is 2.38. The van der Waals surface area contributed by atoms with Crippen LogP contribution in [0.4, 0.5) is 5.13 Å². The molecule has 4 heteroatoms. The van der Waals surface area contributed by atoms with E-state index in [1.165, 1.54) is 12.8 Å². The van der Waals surface area contributed by atoms with E-state index >= 15 is 0 Å². The molecule has 2 unspecified atom stereocenters. The van der Waals surface area contributed by atoms with Crippen molar-refractivity contribution in [2.75, 3.05) is 18.0 Å². The molecule has 2 atom stereocenters. The summed E-state index contributed by atoms with van der Waals surface area (Å²) >= 11 is 1.64. The minimum absolute atomic E-state index is 0.395. The Kier molecular flexibility index (Phi) is 3.50. The fourth-order valence-corrected chi connectivity index (χ4v) is 3.32. The molecule has 2 heterocycles. The zero-order valence-corrected chi connectivity index (χ0v) is 11.0. The summed E-state index contributed by atoms with van der Waals surface area (Å²) in [5, 5.41) is 10.7. The van der Waals surface area contributed by atoms with E-state index in [1.807, 2.05) is 13.8 Å². The average molecular weight is 240 g/mol. The fraction of sp³-hybridized carbons (Fsp3) is 0.750. The van der Waals surface area contributed by atoms with E-state index in [0.717, 1.165) is 34.7 Å². The van der Waals surface area contributed by atoms with Crippen LogP contribution in [-0.4, -0.2) is 23.2 Å². The van der Waals surface area contributed by atoms with Gasteiger partial charge in [0.1, 0.15) is 0 Å². The normalized spacial score (nSPS) is 23.5. The molecule has 0 spiro atoms. The Morgan fingerprint density at radius 3 is 2.88 bits per heavy atom. The molecule has 3 nitrogen and oxygen atoms in total. The molecule has 0 bridgehead atoms. The molecular formula is C12H20N2OS. The van der Waals surface area contributed by atoms with Crippen LogP contribution in [0.3, 0.4) is 0 Å². The zero-order chi connectivity index (χ0) is 11.7. The first-order valence-electron chi connectivity index (χ1n) is 5.98. The first-order chi connectivity index (χ1) is 7.58. The molecule has 90 valence electrons. The van der Waals surface area contributed by atoms with E-state index in [2.05, 4.69) is 16.8 Å². The van der Waals surface area contributed by atoms with Crippen molar-refractivity contribution in [1.82, 2.24) is 4.98 Å². The van der Waals surface area contributed by atoms with Crippen molar-refractivity contribution in [2.45, 2.75) is 39.7 Å². The molecule has 0 aromatic carbocycles. The van der Waals surface area contributed by atoms with E-state index in [-0.39, 0.29) is 0 Å². The molecule has 0 amide bonds. The molecular weight excluding hydrogens is 220 g/mol. The Bertz CT molecular complexity index is 362. The number of anilines is 1. The highest BCUT2D eigenvalue weighted by Gasteiger charge is 2.21. The molecule has 1 aromatic rings. The number of thiazole rings is 1. The molecule has 16 heavy (non-hydrogen) atoms. The van der Waals surface area contributed by atoms with Crippen LogP contribution >= 0.6 is 11.3 Å². The number of rotatable bonds is 2. The molecule has 0 aliphatic carbocycles. The monoisotopic (exact) mass is 240 g/mol. The van der Waals surface area contributed by atoms with Gasteiger partial charge in [-0.05, 0) is 32.6 Å². The van der Waals surface area contributed by atoms with Crippen LogP contribution in [0.15, 0.2) is 0 Å². The van der Waals surface area contributed by atoms with Crippen molar-refractivity contribution in [3.63, 3.8) is 0 Å². The van der Waals surface area contributed by atoms with Crippen molar-refractivity contribution < 1.29 is 5.11 Å². The van der Waals surface area contributed by atoms with Crippen molar-refractivity contribution in [1.29, 1.82) is 0 Å². The second kappa shape index (κ2) is 4.72. The van der Waals surface area contributed by atoms with Crippen LogP contribution in [0.5, 0.6) is 0 Å². The predicted molar refractivity (Wildman–Crippen MR) is 68.1 cm³/mol. The summed E-state index contributed by atoms with van der Waals surface area (Å²) in [6, 6.07) is 0. The van der Waals surface area contributed by atoms with E-state index < -0.39 is 6.10 Å². The average Bonchev–Trinajstić information content (AvgIpc) is 2.60. The van der Waals surface area contributed by atoms with Crippen LogP contribution in [0, 0.1) is 12.8 Å². The quantitative estimate of drug-likeness (QED) is 0.863. The topological polar surface area (TPSA) is 36.4 Å². The Morgan fingerprint density at radius 1 is 1.56 bits per heavy atom. The molecule has 2 rings (SSSR count). The third-order valence-corrected chi connectivity index (χ3v) is 4.52. The van der Waals surface area contributed by atoms with Crippen LogP contribution < -0.4 is 4.90 Å². The van der Waals surface area contributed by atoms with Gasteiger partial charge in [0, 0.05) is 13.1 Å². The number of nitrogens with zero attached hydrogens (tertiary/aromatic N) is 2. The summed E-state index contributed by atoms with van der Waals surface area (Å²) in [4.78, 5) is 7.94. The van der Waals surface area contributed by atoms with Gasteiger partial charge in [0.15, 0.2) is 5.13 Å². The number of piperidine rings is 1. The molecule has 1 N–H and O–H groups in total. The largest absolute Gasteiger partial charge is 0.388 e. The first kappa shape index (κ1) is 11.9. The van der Waals surface area contributed by atoms with Gasteiger partial charge in [-0.1, -0.05) is 18.3 Å². The smallest absolute Gasteiger partial charge is 0.185 e. The maximum Gasteiger partial charge on any atom is 0.185 e. The second-order valence-corrected chi connectivity index (χ2v) is 5.82. The lowest BCUT2D eigenvalue weighted by Crippen LogP contribution is -2.34. The van der Waals surface area contributed by atoms with Crippen LogP contribution in [0.2, 0.25) is 0 Å². The number of aliphatic hydroxyl groups is 1. The van der Waals surface area contributed by atoms with E-state index in [9.17, 15) is 5.11 Å². The van der Waals surface area contributed by atoms with Gasteiger partial charge in [-0.25, -0.2) is 4.98 Å². The minimum Gasteiger partial charge on any atom is -0.388 e. The highest BCUT2D eigenvalue weighted by atomic mass is 32.1. The van der Waals surface area contributed by atoms with Gasteiger partial charge < -0.3 is 10.0 Å². The summed E-state index contributed by atoms with van der Waals surface area (Å²) in [6.07, 6.45) is 2.18. The fourth-order valence-electron chi connectivity index (χ4n) is 2.28. The Morgan fingerprint density at radius 2 is 2.31 bits per heavy atom. The van der Waals surface area contributed by atoms with E-state index in [0.29, 0.717) is 0 Å². The summed E-state index contributed by atoms with van der Waals surface area (Å²) in [6.45, 7) is 8.30. The third-order valence-electron chi connectivity index (χ3n) is 3.13. The lowest BCUT2D eigenvalue weighted by Gasteiger charge is -2.30. The molecule has 0 saturated carbocycles. The molecule has 0 radical (unpaired) electrons. The summed E-state index contributed by atoms with van der Waals surface area (Å²) < 4.78 is 0. The van der Waals surface area contributed by atoms with Crippen LogP contribution in [0.1, 0.15) is 43.4 Å². The van der Waals surface area contributed by atoms with E-state index in [4.69, 9.17) is 0 Å². The Hall–Kier alpha value is -0.610. The number of aromatic nitrogens is 1. The van der Waals surface area contributed by atoms with Crippen molar-refractivity contribution >= 4 is 16.5 Å². The number of aliphatic hydroxyl groups excluding tert-OH is 1. The van der Waals surface area contributed by atoms with Gasteiger partial charge in [-0.3, -0.25) is 0 Å². The summed E-state index contributed by atoms with van der Waals surface area (Å²) in [5.74, 6) is 0.757. The highest BCUT2D eigenvalue weighted by Crippen LogP contribution is 2.32. The number of aryl methyl sites for hydroxylation is 1. The van der Waals surface area contributed by atoms with Crippen molar-refractivity contribution in [2.24, 2.45) is 5.92 Å². The summed E-state index contributed by atoms with van der Waals surface area (Å²) in [5.41, 5.74) is 0.980. The van der Waals surface area contributed by atoms with Crippen LogP contribution in [0.25, 0.3) is 0 Å². The lowest BCUT2D eigenvalue weighted by atomic mass is 10.0. The summed E-state index contributed by atoms with van der Waals surface area (Å²) in [7, 11) is 0. The first-order valence-corrected chi connectivity index (χ1v) is 6.80. The predicted octanol–water partition coefficient (Wildman–Crippen LogP) is 2.74. The van der Waals surface area contributed by atoms with Crippen molar-refractivity contribution in [3.05, 3.63) is 10.6 Å². The second-order valence-electron chi connectivity index (χ2n) is 4.82. The maximum atomic E-state index is 9.62. The van der Waals surface area contributed by atoms with Gasteiger partial charge >= 0.3 is 0 Å². The van der Waals surface area contributed by atoms with Gasteiger partial charge in [-0.2, -0.15) is 0 Å². The van der Waals surface area contributed by atoms with Gasteiger partial charge in [0.05, 0.1) is 16.7 Å². The maximum absolute atomic E-state index is 9.62. The lowest BCUT2D eigenvalue weighted by molar-refractivity contribution is 0.202. The van der Waals surface area contributed by atoms with Crippen LogP contribution in [-0.2, 0) is 0 Å². The van der Waals surface area contributed by atoms with E-state index in [1.54, 1.807) is 11.3 Å². The van der Waals surface area contributed by atoms with Crippen molar-refractivity contribution in [3.8, 4) is 0 Å². The number of hydrogen-bond donors (Lipinski definition) is 1. The Labute approximate surface area is 101 Å². The molecule has 1 aromatic heterocycles. The molecule has 1 saturated heterocycles. The molecule has 1 aliphatic heterocycles. The van der Waals surface area contributed by atoms with Gasteiger partial charge in [-0.15, -0.1) is 0 Å². The zero-order valence-electron chi connectivity index (χ0n) is 10.2. The highest BCUT2D eigenvalue weighted by molar-refractivity contribution is 7.15. The minimum atomic E-state index is -0.395. The molecule has 1 fully saturated rings. The van der Waals surface area contributed by atoms with Gasteiger partial charge in [0.25, 0.3) is 0 Å². The van der Waals surface area contributed by atoms with Gasteiger partial charge in [0.2, 0.25) is 0 Å². The number of hydrogen-bond acceptors (Lipinski definition) is 4. The molecule has 1 aliphatic rings. The standard InChI is InChI=1S/C12H20N2OS/c1-8-5-4-6-14(7-8)12-13-9(2)11(16-12)10(3)15/h8,10,15H,4-7H2,1-3H3. The SMILES string of the molecule is Cc1nc(N2CCCC(C)C2)sc1C(C)O.